The SMILES string of the molecule is CCOc1ccc(C2c3[nH]c4ccc(F)cc4c3CCN2C(=O)NC2CCCCC2)cc1. The number of halogens is 1. The monoisotopic (exact) mass is 435 g/mol. The quantitative estimate of drug-likeness (QED) is 0.553. The maximum Gasteiger partial charge on any atom is 0.318 e. The smallest absolute Gasteiger partial charge is 0.318 e. The van der Waals surface area contributed by atoms with Crippen LogP contribution in [-0.2, 0) is 6.42 Å². The molecule has 1 aromatic heterocycles. The van der Waals surface area contributed by atoms with Gasteiger partial charge in [0.25, 0.3) is 0 Å². The highest BCUT2D eigenvalue weighted by atomic mass is 19.1. The Bertz CT molecular complexity index is 1100. The third-order valence-corrected chi connectivity index (χ3v) is 6.79. The van der Waals surface area contributed by atoms with Crippen LogP contribution in [0.3, 0.4) is 0 Å². The number of amides is 2. The van der Waals surface area contributed by atoms with Crippen molar-refractivity contribution in [2.24, 2.45) is 0 Å². The maximum absolute atomic E-state index is 14.0. The first-order chi connectivity index (χ1) is 15.6. The highest BCUT2D eigenvalue weighted by molar-refractivity contribution is 5.86. The zero-order valence-corrected chi connectivity index (χ0v) is 18.5. The van der Waals surface area contributed by atoms with Gasteiger partial charge in [-0.3, -0.25) is 0 Å². The molecule has 0 bridgehead atoms. The van der Waals surface area contributed by atoms with Crippen LogP contribution < -0.4 is 10.1 Å². The number of aromatic amines is 1. The fourth-order valence-corrected chi connectivity index (χ4v) is 5.24. The molecule has 168 valence electrons. The summed E-state index contributed by atoms with van der Waals surface area (Å²) >= 11 is 0. The van der Waals surface area contributed by atoms with Crippen LogP contribution in [0, 0.1) is 5.82 Å². The number of urea groups is 1. The molecule has 1 saturated carbocycles. The number of nitrogens with zero attached hydrogens (tertiary/aromatic N) is 1. The Hall–Kier alpha value is -3.02. The van der Waals surface area contributed by atoms with Gasteiger partial charge in [0.15, 0.2) is 0 Å². The Kier molecular flexibility index (Phi) is 5.77. The Labute approximate surface area is 187 Å². The molecule has 2 aliphatic rings. The van der Waals surface area contributed by atoms with E-state index in [1.807, 2.05) is 36.1 Å². The van der Waals surface area contributed by atoms with Crippen molar-refractivity contribution < 1.29 is 13.9 Å². The van der Waals surface area contributed by atoms with Gasteiger partial charge >= 0.3 is 6.03 Å². The number of aromatic nitrogens is 1. The molecule has 6 heteroatoms. The Morgan fingerprint density at radius 3 is 2.69 bits per heavy atom. The van der Waals surface area contributed by atoms with Crippen LogP contribution in [0.15, 0.2) is 42.5 Å². The molecule has 1 unspecified atom stereocenters. The van der Waals surface area contributed by atoms with E-state index >= 15 is 0 Å². The van der Waals surface area contributed by atoms with E-state index in [0.29, 0.717) is 19.6 Å². The summed E-state index contributed by atoms with van der Waals surface area (Å²) in [6, 6.07) is 12.8. The van der Waals surface area contributed by atoms with E-state index in [9.17, 15) is 9.18 Å². The number of hydrogen-bond acceptors (Lipinski definition) is 2. The second-order valence-corrected chi connectivity index (χ2v) is 8.84. The first kappa shape index (κ1) is 20.9. The van der Waals surface area contributed by atoms with Crippen LogP contribution in [0.4, 0.5) is 9.18 Å². The molecular weight excluding hydrogens is 405 g/mol. The van der Waals surface area contributed by atoms with Crippen molar-refractivity contribution in [3.63, 3.8) is 0 Å². The number of carbonyl (C=O) groups excluding carboxylic acids is 1. The second-order valence-electron chi connectivity index (χ2n) is 8.84. The van der Waals surface area contributed by atoms with Gasteiger partial charge in [-0.2, -0.15) is 0 Å². The lowest BCUT2D eigenvalue weighted by atomic mass is 9.92. The first-order valence-corrected chi connectivity index (χ1v) is 11.7. The van der Waals surface area contributed by atoms with Crippen LogP contribution in [0.5, 0.6) is 5.75 Å². The Balaban J connectivity index is 1.53. The van der Waals surface area contributed by atoms with Gasteiger partial charge in [-0.25, -0.2) is 9.18 Å². The summed E-state index contributed by atoms with van der Waals surface area (Å²) < 4.78 is 19.6. The predicted molar refractivity (Wildman–Crippen MR) is 124 cm³/mol. The van der Waals surface area contributed by atoms with Crippen LogP contribution in [0.2, 0.25) is 0 Å². The average Bonchev–Trinajstić information content (AvgIpc) is 3.18. The van der Waals surface area contributed by atoms with E-state index in [4.69, 9.17) is 4.74 Å². The van der Waals surface area contributed by atoms with Gasteiger partial charge < -0.3 is 19.9 Å². The fourth-order valence-electron chi connectivity index (χ4n) is 5.24. The van der Waals surface area contributed by atoms with E-state index < -0.39 is 0 Å². The number of hydrogen-bond donors (Lipinski definition) is 2. The minimum absolute atomic E-state index is 0.0220. The van der Waals surface area contributed by atoms with Crippen molar-refractivity contribution in [1.82, 2.24) is 15.2 Å². The number of benzene rings is 2. The number of ether oxygens (including phenoxy) is 1. The van der Waals surface area contributed by atoms with Crippen LogP contribution in [0.25, 0.3) is 10.9 Å². The fraction of sp³-hybridized carbons (Fsp3) is 0.423. The minimum atomic E-state index is -0.256. The molecule has 2 N–H and O–H groups in total. The van der Waals surface area contributed by atoms with Crippen molar-refractivity contribution in [1.29, 1.82) is 0 Å². The lowest BCUT2D eigenvalue weighted by Crippen LogP contribution is -2.49. The van der Waals surface area contributed by atoms with E-state index in [1.54, 1.807) is 12.1 Å². The molecule has 1 fully saturated rings. The molecule has 0 radical (unpaired) electrons. The van der Waals surface area contributed by atoms with Crippen molar-refractivity contribution in [3.05, 3.63) is 65.1 Å². The van der Waals surface area contributed by atoms with Crippen LogP contribution in [-0.4, -0.2) is 35.1 Å². The highest BCUT2D eigenvalue weighted by Crippen LogP contribution is 2.39. The summed E-state index contributed by atoms with van der Waals surface area (Å²) in [4.78, 5) is 18.8. The largest absolute Gasteiger partial charge is 0.494 e. The van der Waals surface area contributed by atoms with Crippen molar-refractivity contribution >= 4 is 16.9 Å². The molecule has 32 heavy (non-hydrogen) atoms. The lowest BCUT2D eigenvalue weighted by Gasteiger charge is -2.37. The van der Waals surface area contributed by atoms with Crippen LogP contribution >= 0.6 is 0 Å². The molecule has 5 nitrogen and oxygen atoms in total. The van der Waals surface area contributed by atoms with Crippen molar-refractivity contribution in [2.45, 2.75) is 57.5 Å². The van der Waals surface area contributed by atoms with E-state index in [0.717, 1.165) is 46.3 Å². The molecule has 0 saturated heterocycles. The van der Waals surface area contributed by atoms with Gasteiger partial charge in [-0.15, -0.1) is 0 Å². The zero-order chi connectivity index (χ0) is 22.1. The molecule has 1 atom stereocenters. The van der Waals surface area contributed by atoms with Gasteiger partial charge in [0.05, 0.1) is 12.6 Å². The molecule has 3 aromatic rings. The summed E-state index contributed by atoms with van der Waals surface area (Å²) in [6.07, 6.45) is 6.38. The van der Waals surface area contributed by atoms with E-state index in [-0.39, 0.29) is 23.9 Å². The van der Waals surface area contributed by atoms with Crippen LogP contribution in [0.1, 0.15) is 61.9 Å². The molecule has 1 aliphatic carbocycles. The average molecular weight is 436 g/mol. The molecule has 5 rings (SSSR count). The van der Waals surface area contributed by atoms with Crippen molar-refractivity contribution in [2.75, 3.05) is 13.2 Å². The van der Waals surface area contributed by atoms with Gasteiger partial charge in [0.2, 0.25) is 0 Å². The molecule has 1 aliphatic heterocycles. The topological polar surface area (TPSA) is 57.4 Å². The van der Waals surface area contributed by atoms with Crippen molar-refractivity contribution in [3.8, 4) is 5.75 Å². The number of carbonyl (C=O) groups is 1. The van der Waals surface area contributed by atoms with Gasteiger partial charge in [0.1, 0.15) is 11.6 Å². The maximum atomic E-state index is 14.0. The Morgan fingerprint density at radius 2 is 1.94 bits per heavy atom. The number of rotatable bonds is 4. The van der Waals surface area contributed by atoms with Gasteiger partial charge in [0, 0.05) is 29.2 Å². The summed E-state index contributed by atoms with van der Waals surface area (Å²) in [5.41, 5.74) is 3.99. The third-order valence-electron chi connectivity index (χ3n) is 6.79. The van der Waals surface area contributed by atoms with Gasteiger partial charge in [-0.1, -0.05) is 31.4 Å². The summed E-state index contributed by atoms with van der Waals surface area (Å²) in [5.74, 6) is 0.568. The summed E-state index contributed by atoms with van der Waals surface area (Å²) in [5, 5.41) is 4.19. The standard InChI is InChI=1S/C26H30FN3O2/c1-2-32-20-11-8-17(9-12-20)25-24-21(22-16-18(27)10-13-23(22)29-24)14-15-30(25)26(31)28-19-6-4-3-5-7-19/h8-13,16,19,25,29H,2-7,14-15H2,1H3,(H,28,31). The molecule has 2 amide bonds. The Morgan fingerprint density at radius 1 is 1.16 bits per heavy atom. The summed E-state index contributed by atoms with van der Waals surface area (Å²) in [6.45, 7) is 3.16. The van der Waals surface area contributed by atoms with E-state index in [2.05, 4.69) is 10.3 Å². The molecule has 2 aromatic carbocycles. The molecule has 2 heterocycles. The van der Waals surface area contributed by atoms with Gasteiger partial charge in [-0.05, 0) is 67.6 Å². The number of nitrogens with one attached hydrogen (secondary N) is 2. The minimum Gasteiger partial charge on any atom is -0.494 e. The highest BCUT2D eigenvalue weighted by Gasteiger charge is 2.35. The first-order valence-electron chi connectivity index (χ1n) is 11.7. The molecular formula is C26H30FN3O2. The number of H-pyrrole nitrogens is 1. The van der Waals surface area contributed by atoms with E-state index in [1.165, 1.54) is 25.3 Å². The molecule has 0 spiro atoms. The lowest BCUT2D eigenvalue weighted by molar-refractivity contribution is 0.172. The predicted octanol–water partition coefficient (Wildman–Crippen LogP) is 5.70. The zero-order valence-electron chi connectivity index (χ0n) is 18.5. The normalized spacial score (nSPS) is 19.1. The third kappa shape index (κ3) is 3.94. The summed E-state index contributed by atoms with van der Waals surface area (Å²) in [7, 11) is 0. The second kappa shape index (κ2) is 8.85. The number of fused-ring (bicyclic) bond motifs is 3.